The molecule has 1 heterocycles. The van der Waals surface area contributed by atoms with Gasteiger partial charge >= 0.3 is 0 Å². The Kier molecular flexibility index (Phi) is 6.58. The molecule has 4 rings (SSSR count). The molecular weight excluding hydrogens is 422 g/mol. The smallest absolute Gasteiger partial charge is 0.279 e. The highest BCUT2D eigenvalue weighted by Crippen LogP contribution is 2.23. The summed E-state index contributed by atoms with van der Waals surface area (Å²) < 4.78 is 8.14. The van der Waals surface area contributed by atoms with Crippen molar-refractivity contribution in [1.29, 1.82) is 0 Å². The van der Waals surface area contributed by atoms with Gasteiger partial charge in [-0.15, -0.1) is 0 Å². The zero-order valence-corrected chi connectivity index (χ0v) is 18.7. The van der Waals surface area contributed by atoms with Crippen LogP contribution in [-0.2, 0) is 16.1 Å². The van der Waals surface area contributed by atoms with E-state index in [4.69, 9.17) is 4.74 Å². The summed E-state index contributed by atoms with van der Waals surface area (Å²) in [5, 5.41) is 2.79. The van der Waals surface area contributed by atoms with E-state index in [0.717, 1.165) is 21.3 Å². The third kappa shape index (κ3) is 4.85. The van der Waals surface area contributed by atoms with Gasteiger partial charge in [0, 0.05) is 31.8 Å². The predicted molar refractivity (Wildman–Crippen MR) is 128 cm³/mol. The Morgan fingerprint density at radius 1 is 1.00 bits per heavy atom. The van der Waals surface area contributed by atoms with Gasteiger partial charge in [0.05, 0.1) is 16.8 Å². The molecule has 0 aliphatic rings. The van der Waals surface area contributed by atoms with E-state index in [1.807, 2.05) is 65.2 Å². The van der Waals surface area contributed by atoms with Gasteiger partial charge in [-0.3, -0.25) is 9.59 Å². The molecule has 6 nitrogen and oxygen atoms in total. The summed E-state index contributed by atoms with van der Waals surface area (Å²) in [6.45, 7) is 2.53. The lowest BCUT2D eigenvalue weighted by atomic mass is 10.0. The van der Waals surface area contributed by atoms with Crippen molar-refractivity contribution in [3.8, 4) is 11.1 Å². The molecule has 0 fully saturated rings. The monoisotopic (exact) mass is 445 g/mol. The van der Waals surface area contributed by atoms with E-state index in [1.165, 1.54) is 18.3 Å². The van der Waals surface area contributed by atoms with Gasteiger partial charge in [0.15, 0.2) is 4.80 Å². The number of ether oxygens (including phenoxy) is 1. The minimum atomic E-state index is -0.301. The molecule has 1 N–H and O–H groups in total. The minimum absolute atomic E-state index is 0.132. The van der Waals surface area contributed by atoms with Crippen molar-refractivity contribution in [3.63, 3.8) is 0 Å². The first kappa shape index (κ1) is 21.7. The molecule has 4 aromatic rings. The number of nitrogens with one attached hydrogen (secondary N) is 1. The Morgan fingerprint density at radius 2 is 1.72 bits per heavy atom. The zero-order valence-electron chi connectivity index (χ0n) is 17.9. The summed E-state index contributed by atoms with van der Waals surface area (Å²) in [6, 6.07) is 23.1. The Morgan fingerprint density at radius 3 is 2.41 bits per heavy atom. The van der Waals surface area contributed by atoms with Crippen LogP contribution in [0.2, 0.25) is 0 Å². The van der Waals surface area contributed by atoms with Crippen molar-refractivity contribution in [2.75, 3.05) is 19.0 Å². The molecule has 0 unspecified atom stereocenters. The molecule has 2 amide bonds. The first-order chi connectivity index (χ1) is 15.5. The summed E-state index contributed by atoms with van der Waals surface area (Å²) >= 11 is 1.41. The summed E-state index contributed by atoms with van der Waals surface area (Å²) in [5.74, 6) is -0.434. The van der Waals surface area contributed by atoms with Crippen LogP contribution >= 0.6 is 11.3 Å². The largest absolute Gasteiger partial charge is 0.383 e. The van der Waals surface area contributed by atoms with E-state index in [2.05, 4.69) is 10.3 Å². The van der Waals surface area contributed by atoms with E-state index in [9.17, 15) is 9.59 Å². The van der Waals surface area contributed by atoms with Crippen LogP contribution in [0.5, 0.6) is 0 Å². The normalized spacial score (nSPS) is 11.6. The first-order valence-electron chi connectivity index (χ1n) is 10.2. The number of aromatic nitrogens is 1. The van der Waals surface area contributed by atoms with E-state index in [1.54, 1.807) is 19.2 Å². The first-order valence-corrected chi connectivity index (χ1v) is 11.0. The van der Waals surface area contributed by atoms with Crippen LogP contribution in [0.1, 0.15) is 17.3 Å². The second-order valence-electron chi connectivity index (χ2n) is 7.25. The van der Waals surface area contributed by atoms with Crippen molar-refractivity contribution in [3.05, 3.63) is 83.2 Å². The van der Waals surface area contributed by atoms with E-state index in [0.29, 0.717) is 29.2 Å². The van der Waals surface area contributed by atoms with Gasteiger partial charge in [-0.25, -0.2) is 0 Å². The van der Waals surface area contributed by atoms with Crippen LogP contribution in [0.3, 0.4) is 0 Å². The average Bonchev–Trinajstić information content (AvgIpc) is 3.13. The van der Waals surface area contributed by atoms with E-state index in [-0.39, 0.29) is 11.8 Å². The van der Waals surface area contributed by atoms with Gasteiger partial charge in [0.25, 0.3) is 5.91 Å². The molecule has 162 valence electrons. The van der Waals surface area contributed by atoms with Gasteiger partial charge in [0.1, 0.15) is 0 Å². The fourth-order valence-corrected chi connectivity index (χ4v) is 4.52. The highest BCUT2D eigenvalue weighted by Gasteiger charge is 2.11. The second kappa shape index (κ2) is 9.72. The average molecular weight is 446 g/mol. The molecule has 0 bridgehead atoms. The summed E-state index contributed by atoms with van der Waals surface area (Å²) in [4.78, 5) is 29.3. The number of benzene rings is 3. The summed E-state index contributed by atoms with van der Waals surface area (Å²) in [7, 11) is 1.64. The Bertz CT molecular complexity index is 1320. The molecule has 0 radical (unpaired) electrons. The molecule has 0 aliphatic carbocycles. The lowest BCUT2D eigenvalue weighted by Gasteiger charge is -2.06. The van der Waals surface area contributed by atoms with Crippen molar-refractivity contribution in [2.24, 2.45) is 4.99 Å². The lowest BCUT2D eigenvalue weighted by Crippen LogP contribution is -2.19. The maximum absolute atomic E-state index is 12.9. The number of rotatable bonds is 6. The van der Waals surface area contributed by atoms with Crippen LogP contribution < -0.4 is 10.1 Å². The molecular formula is C25H23N3O3S. The topological polar surface area (TPSA) is 72.7 Å². The van der Waals surface area contributed by atoms with Gasteiger partial charge in [-0.1, -0.05) is 53.8 Å². The molecule has 0 spiro atoms. The Balaban J connectivity index is 1.69. The van der Waals surface area contributed by atoms with Gasteiger partial charge in [0.2, 0.25) is 5.91 Å². The molecule has 32 heavy (non-hydrogen) atoms. The minimum Gasteiger partial charge on any atom is -0.383 e. The van der Waals surface area contributed by atoms with Gasteiger partial charge < -0.3 is 14.6 Å². The van der Waals surface area contributed by atoms with Gasteiger partial charge in [-0.05, 0) is 41.5 Å². The number of thiazole rings is 1. The van der Waals surface area contributed by atoms with Crippen molar-refractivity contribution in [1.82, 2.24) is 4.57 Å². The third-order valence-corrected chi connectivity index (χ3v) is 6.00. The SMILES string of the molecule is COCCn1c(=NC(=O)c2ccc(-c3ccccc3)cc2)sc2cc(NC(C)=O)ccc21. The number of methoxy groups -OCH3 is 1. The third-order valence-electron chi connectivity index (χ3n) is 4.96. The maximum Gasteiger partial charge on any atom is 0.279 e. The Hall–Kier alpha value is -3.55. The second-order valence-corrected chi connectivity index (χ2v) is 8.26. The maximum atomic E-state index is 12.9. The van der Waals surface area contributed by atoms with Crippen molar-refractivity contribution < 1.29 is 14.3 Å². The molecule has 0 saturated heterocycles. The van der Waals surface area contributed by atoms with Crippen LogP contribution in [0.4, 0.5) is 5.69 Å². The summed E-state index contributed by atoms with van der Waals surface area (Å²) in [5.41, 5.74) is 4.32. The van der Waals surface area contributed by atoms with Crippen LogP contribution in [0.25, 0.3) is 21.3 Å². The fraction of sp³-hybridized carbons (Fsp3) is 0.160. The number of hydrogen-bond donors (Lipinski definition) is 1. The number of fused-ring (bicyclic) bond motifs is 1. The summed E-state index contributed by atoms with van der Waals surface area (Å²) in [6.07, 6.45) is 0. The zero-order chi connectivity index (χ0) is 22.5. The van der Waals surface area contributed by atoms with E-state index >= 15 is 0 Å². The highest BCUT2D eigenvalue weighted by atomic mass is 32.1. The molecule has 7 heteroatoms. The molecule has 1 aromatic heterocycles. The van der Waals surface area contributed by atoms with Crippen molar-refractivity contribution >= 4 is 39.1 Å². The molecule has 0 atom stereocenters. The number of amides is 2. The fourth-order valence-electron chi connectivity index (χ4n) is 3.43. The molecule has 0 saturated carbocycles. The number of nitrogens with zero attached hydrogens (tertiary/aromatic N) is 2. The number of anilines is 1. The lowest BCUT2D eigenvalue weighted by molar-refractivity contribution is -0.114. The van der Waals surface area contributed by atoms with Gasteiger partial charge in [-0.2, -0.15) is 4.99 Å². The highest BCUT2D eigenvalue weighted by molar-refractivity contribution is 7.16. The number of hydrogen-bond acceptors (Lipinski definition) is 4. The predicted octanol–water partition coefficient (Wildman–Crippen LogP) is 4.72. The standard InChI is InChI=1S/C25H23N3O3S/c1-17(29)26-21-12-13-22-23(16-21)32-25(28(22)14-15-31-2)27-24(30)20-10-8-19(9-11-20)18-6-4-3-5-7-18/h3-13,16H,14-15H2,1-2H3,(H,26,29). The molecule has 0 aliphatic heterocycles. The number of carbonyl (C=O) groups excluding carboxylic acids is 2. The number of carbonyl (C=O) groups is 2. The van der Waals surface area contributed by atoms with Crippen LogP contribution in [0.15, 0.2) is 77.8 Å². The van der Waals surface area contributed by atoms with Crippen LogP contribution in [-0.4, -0.2) is 30.1 Å². The molecule has 3 aromatic carbocycles. The van der Waals surface area contributed by atoms with E-state index < -0.39 is 0 Å². The van der Waals surface area contributed by atoms with Crippen molar-refractivity contribution in [2.45, 2.75) is 13.5 Å². The Labute approximate surface area is 189 Å². The van der Waals surface area contributed by atoms with Crippen LogP contribution in [0, 0.1) is 0 Å². The quantitative estimate of drug-likeness (QED) is 0.467.